The molecule has 0 saturated carbocycles. The van der Waals surface area contributed by atoms with Crippen molar-refractivity contribution in [2.75, 3.05) is 5.32 Å². The Labute approximate surface area is 123 Å². The molecule has 0 atom stereocenters. The van der Waals surface area contributed by atoms with Crippen LogP contribution in [-0.2, 0) is 8.53 Å². The standard InChI is InChI=1S/C13H13AsN2O5/c1-8(17)16-11-5-4-10(14(19,20)21)13(18)12(11)9-3-2-6-15-7-9/h2-7,18H,1H3,(H,16,17)(H2,19,20,21). The zero-order valence-corrected chi connectivity index (χ0v) is 12.9. The third-order valence-electron chi connectivity index (χ3n) is 2.73. The Morgan fingerprint density at radius 1 is 1.29 bits per heavy atom. The molecule has 0 bridgehead atoms. The van der Waals surface area contributed by atoms with E-state index in [4.69, 9.17) is 0 Å². The van der Waals surface area contributed by atoms with Gasteiger partial charge in [-0.1, -0.05) is 0 Å². The number of hydrogen-bond donors (Lipinski definition) is 4. The van der Waals surface area contributed by atoms with Crippen LogP contribution in [-0.4, -0.2) is 38.4 Å². The summed E-state index contributed by atoms with van der Waals surface area (Å²) >= 11 is -5.29. The van der Waals surface area contributed by atoms with Crippen molar-refractivity contribution in [3.05, 3.63) is 36.7 Å². The first-order chi connectivity index (χ1) is 9.80. The molecule has 0 saturated heterocycles. The number of nitrogens with zero attached hydrogens (tertiary/aromatic N) is 1. The van der Waals surface area contributed by atoms with E-state index in [1.54, 1.807) is 12.1 Å². The second-order valence-electron chi connectivity index (χ2n) is 4.32. The van der Waals surface area contributed by atoms with E-state index in [0.29, 0.717) is 5.56 Å². The summed E-state index contributed by atoms with van der Waals surface area (Å²) in [5.74, 6) is -0.921. The fourth-order valence-corrected chi connectivity index (χ4v) is 3.29. The monoisotopic (exact) mass is 352 g/mol. The van der Waals surface area contributed by atoms with Gasteiger partial charge >= 0.3 is 123 Å². The first kappa shape index (κ1) is 15.3. The molecule has 1 amide bonds. The topological polar surface area (TPSA) is 120 Å². The van der Waals surface area contributed by atoms with Gasteiger partial charge in [0.15, 0.2) is 0 Å². The van der Waals surface area contributed by atoms with E-state index in [-0.39, 0.29) is 17.2 Å². The van der Waals surface area contributed by atoms with Crippen LogP contribution in [0.3, 0.4) is 0 Å². The molecule has 0 aliphatic carbocycles. The second-order valence-corrected chi connectivity index (χ2v) is 7.62. The summed E-state index contributed by atoms with van der Waals surface area (Å²) < 4.78 is 29.7. The molecule has 7 nitrogen and oxygen atoms in total. The second kappa shape index (κ2) is 5.73. The van der Waals surface area contributed by atoms with E-state index < -0.39 is 24.3 Å². The average molecular weight is 352 g/mol. The summed E-state index contributed by atoms with van der Waals surface area (Å²) in [4.78, 5) is 15.1. The SMILES string of the molecule is CC(=O)Nc1ccc([As](=O)(O)O)c(O)c1-c1cccnc1. The van der Waals surface area contributed by atoms with Crippen LogP contribution < -0.4 is 9.67 Å². The molecule has 0 radical (unpaired) electrons. The first-order valence-corrected chi connectivity index (χ1v) is 9.29. The maximum absolute atomic E-state index is 11.5. The van der Waals surface area contributed by atoms with Crippen molar-refractivity contribution >= 4 is 30.1 Å². The maximum atomic E-state index is 11.5. The number of carbonyl (C=O) groups is 1. The van der Waals surface area contributed by atoms with Crippen LogP contribution in [0.25, 0.3) is 11.1 Å². The number of nitrogens with one attached hydrogen (secondary N) is 1. The van der Waals surface area contributed by atoms with Crippen molar-refractivity contribution in [1.29, 1.82) is 0 Å². The molecule has 4 N–H and O–H groups in total. The Morgan fingerprint density at radius 2 is 2.00 bits per heavy atom. The predicted octanol–water partition coefficient (Wildman–Crippen LogP) is -0.0264. The van der Waals surface area contributed by atoms with Crippen LogP contribution in [0.1, 0.15) is 6.92 Å². The molecular weight excluding hydrogens is 339 g/mol. The molecule has 0 fully saturated rings. The van der Waals surface area contributed by atoms with Gasteiger partial charge < -0.3 is 0 Å². The molecule has 0 aliphatic rings. The van der Waals surface area contributed by atoms with E-state index in [1.807, 2.05) is 0 Å². The summed E-state index contributed by atoms with van der Waals surface area (Å²) in [5, 5.41) is 12.7. The van der Waals surface area contributed by atoms with Gasteiger partial charge in [-0.2, -0.15) is 0 Å². The number of phenolic OH excluding ortho intramolecular Hbond substituents is 1. The summed E-state index contributed by atoms with van der Waals surface area (Å²) in [6, 6.07) is 5.69. The van der Waals surface area contributed by atoms with Gasteiger partial charge in [-0.3, -0.25) is 0 Å². The van der Waals surface area contributed by atoms with Crippen molar-refractivity contribution in [3.8, 4) is 16.9 Å². The number of anilines is 1. The van der Waals surface area contributed by atoms with Crippen molar-refractivity contribution < 1.29 is 21.8 Å². The van der Waals surface area contributed by atoms with E-state index in [1.165, 1.54) is 25.4 Å². The summed E-state index contributed by atoms with van der Waals surface area (Å²) in [6.07, 6.45) is 2.95. The van der Waals surface area contributed by atoms with Crippen LogP contribution in [0.15, 0.2) is 36.7 Å². The van der Waals surface area contributed by atoms with Gasteiger partial charge in [-0.15, -0.1) is 0 Å². The summed E-state index contributed by atoms with van der Waals surface area (Å²) in [6.45, 7) is 1.30. The summed E-state index contributed by atoms with van der Waals surface area (Å²) in [7, 11) is 0. The number of aromatic hydroxyl groups is 1. The Morgan fingerprint density at radius 3 is 2.52 bits per heavy atom. The molecule has 0 aliphatic heterocycles. The van der Waals surface area contributed by atoms with Gasteiger partial charge in [0, 0.05) is 0 Å². The van der Waals surface area contributed by atoms with Gasteiger partial charge in [0.25, 0.3) is 0 Å². The Hall–Kier alpha value is -2.08. The number of phenols is 1. The van der Waals surface area contributed by atoms with Crippen LogP contribution in [0, 0.1) is 0 Å². The van der Waals surface area contributed by atoms with E-state index in [2.05, 4.69) is 10.3 Å². The van der Waals surface area contributed by atoms with Gasteiger partial charge in [-0.05, 0) is 0 Å². The average Bonchev–Trinajstić information content (AvgIpc) is 2.37. The number of aromatic nitrogens is 1. The van der Waals surface area contributed by atoms with Gasteiger partial charge in [-0.25, -0.2) is 0 Å². The predicted molar refractivity (Wildman–Crippen MR) is 76.2 cm³/mol. The van der Waals surface area contributed by atoms with E-state index >= 15 is 0 Å². The molecule has 1 aromatic carbocycles. The Bertz CT molecular complexity index is 727. The molecule has 0 unspecified atom stereocenters. The fraction of sp³-hybridized carbons (Fsp3) is 0.0769. The molecule has 1 aromatic heterocycles. The number of pyridine rings is 1. The molecule has 2 aromatic rings. The number of hydrogen-bond acceptors (Lipinski definition) is 4. The fourth-order valence-electron chi connectivity index (χ4n) is 1.91. The normalized spacial score (nSPS) is 11.2. The third-order valence-corrected chi connectivity index (χ3v) is 4.81. The quantitative estimate of drug-likeness (QED) is 0.576. The molecule has 21 heavy (non-hydrogen) atoms. The molecule has 0 spiro atoms. The van der Waals surface area contributed by atoms with Crippen LogP contribution in [0.5, 0.6) is 5.75 Å². The van der Waals surface area contributed by atoms with Crippen LogP contribution >= 0.6 is 0 Å². The van der Waals surface area contributed by atoms with E-state index in [9.17, 15) is 21.8 Å². The zero-order chi connectivity index (χ0) is 15.6. The minimum absolute atomic E-state index is 0.125. The van der Waals surface area contributed by atoms with Gasteiger partial charge in [0.1, 0.15) is 0 Å². The number of carbonyl (C=O) groups excluding carboxylic acids is 1. The Kier molecular flexibility index (Phi) is 4.18. The summed E-state index contributed by atoms with van der Waals surface area (Å²) in [5.41, 5.74) is 0.811. The van der Waals surface area contributed by atoms with Crippen molar-refractivity contribution in [1.82, 2.24) is 4.98 Å². The number of rotatable bonds is 3. The van der Waals surface area contributed by atoms with Crippen LogP contribution in [0.4, 0.5) is 5.69 Å². The molecule has 2 rings (SSSR count). The number of amides is 1. The molecule has 110 valence electrons. The Balaban J connectivity index is 2.73. The van der Waals surface area contributed by atoms with Gasteiger partial charge in [0.2, 0.25) is 0 Å². The zero-order valence-electron chi connectivity index (χ0n) is 11.0. The van der Waals surface area contributed by atoms with Gasteiger partial charge in [0.05, 0.1) is 0 Å². The van der Waals surface area contributed by atoms with Crippen molar-refractivity contribution in [2.24, 2.45) is 0 Å². The van der Waals surface area contributed by atoms with E-state index in [0.717, 1.165) is 6.07 Å². The number of benzene rings is 1. The minimum atomic E-state index is -5.29. The van der Waals surface area contributed by atoms with Crippen LogP contribution in [0.2, 0.25) is 0 Å². The molecule has 8 heteroatoms. The third kappa shape index (κ3) is 3.33. The molecular formula is C13H13AsN2O5. The first-order valence-electron chi connectivity index (χ1n) is 5.91. The van der Waals surface area contributed by atoms with Crippen molar-refractivity contribution in [2.45, 2.75) is 6.92 Å². The van der Waals surface area contributed by atoms with Crippen molar-refractivity contribution in [3.63, 3.8) is 0 Å². The molecule has 1 heterocycles.